The van der Waals surface area contributed by atoms with Crippen LogP contribution < -0.4 is 0 Å². The van der Waals surface area contributed by atoms with E-state index >= 15 is 0 Å². The second-order valence-corrected chi connectivity index (χ2v) is 7.45. The van der Waals surface area contributed by atoms with Crippen LogP contribution >= 0.6 is 0 Å². The molecule has 0 bridgehead atoms. The van der Waals surface area contributed by atoms with Gasteiger partial charge in [-0.05, 0) is 57.2 Å². The third-order valence-corrected chi connectivity index (χ3v) is 5.93. The highest BCUT2D eigenvalue weighted by molar-refractivity contribution is 5.22. The average molecular weight is 313 g/mol. The summed E-state index contributed by atoms with van der Waals surface area (Å²) < 4.78 is 2.05. The van der Waals surface area contributed by atoms with E-state index in [0.29, 0.717) is 5.69 Å². The summed E-state index contributed by atoms with van der Waals surface area (Å²) in [5.74, 6) is 0.828. The normalized spacial score (nSPS) is 29.3. The van der Waals surface area contributed by atoms with Crippen LogP contribution in [0.15, 0.2) is 6.07 Å². The second-order valence-electron chi connectivity index (χ2n) is 7.45. The number of aromatic nitrogens is 2. The van der Waals surface area contributed by atoms with Crippen molar-refractivity contribution in [3.63, 3.8) is 0 Å². The van der Waals surface area contributed by atoms with Crippen LogP contribution in [-0.4, -0.2) is 51.8 Å². The monoisotopic (exact) mass is 313 g/mol. The van der Waals surface area contributed by atoms with E-state index in [0.717, 1.165) is 38.0 Å². The summed E-state index contributed by atoms with van der Waals surface area (Å²) in [7, 11) is 0. The maximum atomic E-state index is 9.07. The minimum absolute atomic E-state index is 0.568. The van der Waals surface area contributed by atoms with Crippen molar-refractivity contribution in [2.75, 3.05) is 26.2 Å². The maximum Gasteiger partial charge on any atom is 0.162 e. The van der Waals surface area contributed by atoms with Gasteiger partial charge in [0, 0.05) is 32.2 Å². The lowest BCUT2D eigenvalue weighted by atomic mass is 9.83. The molecule has 3 aliphatic heterocycles. The summed E-state index contributed by atoms with van der Waals surface area (Å²) >= 11 is 0. The van der Waals surface area contributed by atoms with Gasteiger partial charge in [-0.2, -0.15) is 10.4 Å². The molecule has 1 aromatic heterocycles. The van der Waals surface area contributed by atoms with Gasteiger partial charge in [-0.15, -0.1) is 0 Å². The summed E-state index contributed by atoms with van der Waals surface area (Å²) in [6, 6.07) is 4.98. The van der Waals surface area contributed by atoms with Gasteiger partial charge in [-0.25, -0.2) is 0 Å². The first-order valence-electron chi connectivity index (χ1n) is 9.27. The largest absolute Gasteiger partial charge is 0.300 e. The first-order chi connectivity index (χ1) is 11.3. The van der Waals surface area contributed by atoms with Crippen LogP contribution in [0.5, 0.6) is 0 Å². The Morgan fingerprint density at radius 2 is 2.00 bits per heavy atom. The van der Waals surface area contributed by atoms with Crippen LogP contribution in [-0.2, 0) is 13.1 Å². The molecule has 2 fully saturated rings. The van der Waals surface area contributed by atoms with Crippen molar-refractivity contribution in [3.8, 4) is 6.07 Å². The lowest BCUT2D eigenvalue weighted by Gasteiger charge is -2.45. The molecule has 0 aromatic carbocycles. The van der Waals surface area contributed by atoms with E-state index in [9.17, 15) is 0 Å². The van der Waals surface area contributed by atoms with E-state index in [1.165, 1.54) is 57.4 Å². The Balaban J connectivity index is 1.44. The Labute approximate surface area is 138 Å². The minimum atomic E-state index is 0.568. The Morgan fingerprint density at radius 3 is 2.91 bits per heavy atom. The average Bonchev–Trinajstić information content (AvgIpc) is 2.88. The molecule has 1 aromatic rings. The lowest BCUT2D eigenvalue weighted by molar-refractivity contribution is 0.0392. The molecule has 0 radical (unpaired) electrons. The van der Waals surface area contributed by atoms with Crippen molar-refractivity contribution in [3.05, 3.63) is 17.5 Å². The maximum absolute atomic E-state index is 9.07. The number of aryl methyl sites for hydroxylation is 1. The smallest absolute Gasteiger partial charge is 0.162 e. The highest BCUT2D eigenvalue weighted by Crippen LogP contribution is 2.32. The summed E-state index contributed by atoms with van der Waals surface area (Å²) in [5.41, 5.74) is 1.79. The van der Waals surface area contributed by atoms with Crippen LogP contribution in [0, 0.1) is 17.2 Å². The molecule has 0 unspecified atom stereocenters. The van der Waals surface area contributed by atoms with Crippen molar-refractivity contribution in [2.24, 2.45) is 5.92 Å². The molecule has 23 heavy (non-hydrogen) atoms. The Morgan fingerprint density at radius 1 is 1.09 bits per heavy atom. The third-order valence-electron chi connectivity index (χ3n) is 5.93. The molecule has 0 saturated carbocycles. The van der Waals surface area contributed by atoms with Crippen LogP contribution in [0.25, 0.3) is 0 Å². The van der Waals surface area contributed by atoms with Crippen LogP contribution in [0.2, 0.25) is 0 Å². The molecule has 3 aliphatic rings. The zero-order valence-corrected chi connectivity index (χ0v) is 14.0. The Kier molecular flexibility index (Phi) is 4.37. The van der Waals surface area contributed by atoms with Crippen LogP contribution in [0.1, 0.15) is 49.9 Å². The fraction of sp³-hybridized carbons (Fsp3) is 0.778. The van der Waals surface area contributed by atoms with Crippen molar-refractivity contribution < 1.29 is 0 Å². The SMILES string of the molecule is N#Cc1cc2n(n1)CCCN(C[C@@H]1CCCN3CCCC[C@H]13)C2. The van der Waals surface area contributed by atoms with Gasteiger partial charge in [0.05, 0.1) is 5.69 Å². The van der Waals surface area contributed by atoms with Crippen LogP contribution in [0.4, 0.5) is 0 Å². The van der Waals surface area contributed by atoms with Gasteiger partial charge in [0.25, 0.3) is 0 Å². The van der Waals surface area contributed by atoms with Gasteiger partial charge in [-0.3, -0.25) is 9.58 Å². The third kappa shape index (κ3) is 3.15. The first-order valence-corrected chi connectivity index (χ1v) is 9.27. The molecular formula is C18H27N5. The highest BCUT2D eigenvalue weighted by Gasteiger charge is 2.34. The van der Waals surface area contributed by atoms with Crippen LogP contribution in [0.3, 0.4) is 0 Å². The number of hydrogen-bond donors (Lipinski definition) is 0. The second kappa shape index (κ2) is 6.62. The number of rotatable bonds is 2. The van der Waals surface area contributed by atoms with Gasteiger partial charge in [0.1, 0.15) is 6.07 Å². The summed E-state index contributed by atoms with van der Waals surface area (Å²) in [6.07, 6.45) is 8.10. The van der Waals surface area contributed by atoms with E-state index in [4.69, 9.17) is 5.26 Å². The summed E-state index contributed by atoms with van der Waals surface area (Å²) in [4.78, 5) is 5.37. The van der Waals surface area contributed by atoms with Gasteiger partial charge >= 0.3 is 0 Å². The van der Waals surface area contributed by atoms with E-state index in [1.54, 1.807) is 0 Å². The molecule has 0 spiro atoms. The molecule has 0 amide bonds. The molecule has 4 rings (SSSR count). The van der Waals surface area contributed by atoms with E-state index < -0.39 is 0 Å². The Bertz CT molecular complexity index is 585. The Hall–Kier alpha value is -1.38. The topological polar surface area (TPSA) is 48.1 Å². The summed E-state index contributed by atoms with van der Waals surface area (Å²) in [6.45, 7) is 6.92. The van der Waals surface area contributed by atoms with Crippen molar-refractivity contribution in [2.45, 2.75) is 57.7 Å². The van der Waals surface area contributed by atoms with Gasteiger partial charge in [0.15, 0.2) is 5.69 Å². The van der Waals surface area contributed by atoms with E-state index in [1.807, 2.05) is 10.7 Å². The summed E-state index contributed by atoms with van der Waals surface area (Å²) in [5, 5.41) is 13.5. The quantitative estimate of drug-likeness (QED) is 0.840. The standard InChI is InChI=1S/C18H27N5/c19-12-16-11-17-14-21(7-4-10-23(17)20-16)13-15-5-3-9-22-8-2-1-6-18(15)22/h11,15,18H,1-10,13-14H2/t15-,18+/m0/s1. The predicted molar refractivity (Wildman–Crippen MR) is 88.8 cm³/mol. The van der Waals surface area contributed by atoms with Gasteiger partial charge < -0.3 is 4.90 Å². The molecular weight excluding hydrogens is 286 g/mol. The molecule has 2 saturated heterocycles. The number of nitrogens with zero attached hydrogens (tertiary/aromatic N) is 5. The van der Waals surface area contributed by atoms with Crippen molar-refractivity contribution in [1.29, 1.82) is 5.26 Å². The number of nitriles is 1. The van der Waals surface area contributed by atoms with Gasteiger partial charge in [0.2, 0.25) is 0 Å². The molecule has 0 N–H and O–H groups in total. The molecule has 5 nitrogen and oxygen atoms in total. The highest BCUT2D eigenvalue weighted by atomic mass is 15.3. The van der Waals surface area contributed by atoms with Crippen molar-refractivity contribution >= 4 is 0 Å². The fourth-order valence-electron chi connectivity index (χ4n) is 4.86. The lowest BCUT2D eigenvalue weighted by Crippen LogP contribution is -2.51. The predicted octanol–water partition coefficient (Wildman–Crippen LogP) is 2.22. The van der Waals surface area contributed by atoms with Gasteiger partial charge in [-0.1, -0.05) is 6.42 Å². The number of fused-ring (bicyclic) bond motifs is 2. The zero-order chi connectivity index (χ0) is 15.6. The molecule has 2 atom stereocenters. The molecule has 0 aliphatic carbocycles. The molecule has 124 valence electrons. The molecule has 4 heterocycles. The van der Waals surface area contributed by atoms with Crippen molar-refractivity contribution in [1.82, 2.24) is 19.6 Å². The zero-order valence-electron chi connectivity index (χ0n) is 14.0. The number of piperidine rings is 2. The minimum Gasteiger partial charge on any atom is -0.300 e. The first kappa shape index (κ1) is 15.2. The molecule has 5 heteroatoms. The number of hydrogen-bond acceptors (Lipinski definition) is 4. The fourth-order valence-corrected chi connectivity index (χ4v) is 4.86. The van der Waals surface area contributed by atoms with E-state index in [-0.39, 0.29) is 0 Å². The van der Waals surface area contributed by atoms with E-state index in [2.05, 4.69) is 21.0 Å².